The average molecular weight is 366 g/mol. The predicted molar refractivity (Wildman–Crippen MR) is 81.2 cm³/mol. The molecule has 1 N–H and O–H groups in total. The Bertz CT molecular complexity index is 729. The van der Waals surface area contributed by atoms with Gasteiger partial charge in [0.1, 0.15) is 17.4 Å². The van der Waals surface area contributed by atoms with Crippen molar-refractivity contribution in [2.45, 2.75) is 6.92 Å². The molecule has 2 aromatic rings. The molecule has 2 rings (SSSR count). The van der Waals surface area contributed by atoms with Gasteiger partial charge in [-0.15, -0.1) is 0 Å². The lowest BCUT2D eigenvalue weighted by molar-refractivity contribution is 0.413. The molecular weight excluding hydrogens is 355 g/mol. The van der Waals surface area contributed by atoms with Crippen LogP contribution in [0.15, 0.2) is 29.1 Å². The number of para-hydroxylation sites is 1. The molecule has 1 aromatic heterocycles. The molecule has 1 heterocycles. The number of hydrogen-bond donors (Lipinski definition) is 1. The second-order valence-corrected chi connectivity index (χ2v) is 5.16. The Hall–Kier alpha value is -1.81. The van der Waals surface area contributed by atoms with E-state index in [4.69, 9.17) is 4.74 Å². The fourth-order valence-corrected chi connectivity index (χ4v) is 2.66. The van der Waals surface area contributed by atoms with E-state index in [0.29, 0.717) is 17.0 Å². The van der Waals surface area contributed by atoms with Gasteiger partial charge in [-0.2, -0.15) is 5.26 Å². The molecule has 19 heavy (non-hydrogen) atoms. The Morgan fingerprint density at radius 3 is 2.74 bits per heavy atom. The highest BCUT2D eigenvalue weighted by Crippen LogP contribution is 2.34. The van der Waals surface area contributed by atoms with Crippen LogP contribution in [0.5, 0.6) is 5.75 Å². The highest BCUT2D eigenvalue weighted by atomic mass is 127. The number of nitrogens with zero attached hydrogens (tertiary/aromatic N) is 1. The monoisotopic (exact) mass is 366 g/mol. The van der Waals surface area contributed by atoms with E-state index in [0.717, 1.165) is 9.13 Å². The zero-order valence-corrected chi connectivity index (χ0v) is 12.6. The van der Waals surface area contributed by atoms with Gasteiger partial charge in [0.2, 0.25) is 0 Å². The number of halogens is 1. The van der Waals surface area contributed by atoms with Gasteiger partial charge >= 0.3 is 0 Å². The minimum atomic E-state index is -0.376. The maximum Gasteiger partial charge on any atom is 0.266 e. The maximum atomic E-state index is 11.8. The third-order valence-electron chi connectivity index (χ3n) is 2.74. The van der Waals surface area contributed by atoms with Crippen molar-refractivity contribution in [1.29, 1.82) is 5.26 Å². The quantitative estimate of drug-likeness (QED) is 0.832. The number of methoxy groups -OCH3 is 1. The largest absolute Gasteiger partial charge is 0.495 e. The number of pyridine rings is 1. The van der Waals surface area contributed by atoms with Crippen LogP contribution in [0.4, 0.5) is 0 Å². The Balaban J connectivity index is 2.84. The molecule has 0 aliphatic heterocycles. The Morgan fingerprint density at radius 2 is 2.11 bits per heavy atom. The summed E-state index contributed by atoms with van der Waals surface area (Å²) in [5, 5.41) is 9.17. The van der Waals surface area contributed by atoms with Crippen LogP contribution in [0, 0.1) is 21.8 Å². The van der Waals surface area contributed by atoms with Crippen LogP contribution >= 0.6 is 22.6 Å². The van der Waals surface area contributed by atoms with E-state index >= 15 is 0 Å². The van der Waals surface area contributed by atoms with Crippen molar-refractivity contribution >= 4 is 22.6 Å². The van der Waals surface area contributed by atoms with Crippen LogP contribution in [-0.2, 0) is 0 Å². The van der Waals surface area contributed by atoms with Crippen molar-refractivity contribution in [3.8, 4) is 22.9 Å². The number of ether oxygens (including phenoxy) is 1. The van der Waals surface area contributed by atoms with Gasteiger partial charge in [0.05, 0.1) is 10.7 Å². The molecule has 4 nitrogen and oxygen atoms in total. The smallest absolute Gasteiger partial charge is 0.266 e. The van der Waals surface area contributed by atoms with Crippen LogP contribution in [0.25, 0.3) is 11.1 Å². The number of H-pyrrole nitrogens is 1. The van der Waals surface area contributed by atoms with Crippen molar-refractivity contribution in [2.24, 2.45) is 0 Å². The van der Waals surface area contributed by atoms with Gasteiger partial charge in [-0.25, -0.2) is 0 Å². The first kappa shape index (κ1) is 13.6. The summed E-state index contributed by atoms with van der Waals surface area (Å²) >= 11 is 2.16. The van der Waals surface area contributed by atoms with Crippen LogP contribution in [-0.4, -0.2) is 12.1 Å². The molecule has 96 valence electrons. The lowest BCUT2D eigenvalue weighted by Crippen LogP contribution is -2.13. The molecule has 0 aliphatic carbocycles. The standard InChI is InChI=1S/C14H11IN2O2/c1-8-6-10(11(7-16)14(18)17-8)9-4-3-5-12(15)13(9)19-2/h3-6H,1-2H3,(H,17,18). The number of hydrogen-bond acceptors (Lipinski definition) is 3. The molecule has 0 saturated heterocycles. The molecule has 5 heteroatoms. The second-order valence-electron chi connectivity index (χ2n) is 4.00. The third kappa shape index (κ3) is 2.49. The molecule has 0 amide bonds. The van der Waals surface area contributed by atoms with E-state index in [1.165, 1.54) is 0 Å². The number of nitrogens with one attached hydrogen (secondary N) is 1. The minimum absolute atomic E-state index is 0.103. The Kier molecular flexibility index (Phi) is 3.90. The van der Waals surface area contributed by atoms with Crippen molar-refractivity contribution < 1.29 is 4.74 Å². The highest BCUT2D eigenvalue weighted by molar-refractivity contribution is 14.1. The summed E-state index contributed by atoms with van der Waals surface area (Å²) in [7, 11) is 1.58. The van der Waals surface area contributed by atoms with E-state index < -0.39 is 0 Å². The number of benzene rings is 1. The molecule has 0 radical (unpaired) electrons. The van der Waals surface area contributed by atoms with Gasteiger partial charge < -0.3 is 9.72 Å². The molecule has 0 bridgehead atoms. The predicted octanol–water partition coefficient (Wildman–Crippen LogP) is 2.84. The van der Waals surface area contributed by atoms with Crippen molar-refractivity contribution in [3.63, 3.8) is 0 Å². The van der Waals surface area contributed by atoms with Gasteiger partial charge in [-0.1, -0.05) is 12.1 Å². The lowest BCUT2D eigenvalue weighted by Gasteiger charge is -2.12. The second kappa shape index (κ2) is 5.45. The van der Waals surface area contributed by atoms with Crippen LogP contribution in [0.3, 0.4) is 0 Å². The molecular formula is C14H11IN2O2. The molecule has 0 spiro atoms. The summed E-state index contributed by atoms with van der Waals surface area (Å²) in [5.41, 5.74) is 1.78. The van der Waals surface area contributed by atoms with E-state index in [9.17, 15) is 10.1 Å². The SMILES string of the molecule is COc1c(I)cccc1-c1cc(C)[nH]c(=O)c1C#N. The summed E-state index contributed by atoms with van der Waals surface area (Å²) in [6.45, 7) is 1.78. The first-order valence-electron chi connectivity index (χ1n) is 5.55. The normalized spacial score (nSPS) is 10.0. The van der Waals surface area contributed by atoms with Crippen molar-refractivity contribution in [3.05, 3.63) is 49.4 Å². The van der Waals surface area contributed by atoms with Gasteiger partial charge in [0, 0.05) is 16.8 Å². The molecule has 0 unspecified atom stereocenters. The van der Waals surface area contributed by atoms with Crippen LogP contribution in [0.2, 0.25) is 0 Å². The van der Waals surface area contributed by atoms with E-state index in [1.54, 1.807) is 20.1 Å². The average Bonchev–Trinajstić information content (AvgIpc) is 2.37. The summed E-state index contributed by atoms with van der Waals surface area (Å²) < 4.78 is 6.31. The molecule has 0 fully saturated rings. The summed E-state index contributed by atoms with van der Waals surface area (Å²) in [4.78, 5) is 14.5. The first-order valence-corrected chi connectivity index (χ1v) is 6.63. The number of aromatic amines is 1. The highest BCUT2D eigenvalue weighted by Gasteiger charge is 2.15. The molecule has 0 saturated carbocycles. The summed E-state index contributed by atoms with van der Waals surface area (Å²) in [6, 6.07) is 9.37. The zero-order chi connectivity index (χ0) is 14.0. The van der Waals surface area contributed by atoms with Crippen LogP contribution in [0.1, 0.15) is 11.3 Å². The maximum absolute atomic E-state index is 11.8. The van der Waals surface area contributed by atoms with E-state index in [-0.39, 0.29) is 11.1 Å². The molecule has 0 aliphatic rings. The Morgan fingerprint density at radius 1 is 1.37 bits per heavy atom. The lowest BCUT2D eigenvalue weighted by atomic mass is 10.0. The van der Waals surface area contributed by atoms with Crippen molar-refractivity contribution in [2.75, 3.05) is 7.11 Å². The fourth-order valence-electron chi connectivity index (χ4n) is 1.94. The number of rotatable bonds is 2. The van der Waals surface area contributed by atoms with Crippen molar-refractivity contribution in [1.82, 2.24) is 4.98 Å². The topological polar surface area (TPSA) is 65.9 Å². The van der Waals surface area contributed by atoms with E-state index in [1.807, 2.05) is 24.3 Å². The number of aryl methyl sites for hydroxylation is 1. The summed E-state index contributed by atoms with van der Waals surface area (Å²) in [6.07, 6.45) is 0. The first-order chi connectivity index (χ1) is 9.08. The Labute approximate surface area is 124 Å². The fraction of sp³-hybridized carbons (Fsp3) is 0.143. The van der Waals surface area contributed by atoms with Gasteiger partial charge in [0.25, 0.3) is 5.56 Å². The van der Waals surface area contributed by atoms with E-state index in [2.05, 4.69) is 27.6 Å². The number of nitriles is 1. The third-order valence-corrected chi connectivity index (χ3v) is 3.59. The van der Waals surface area contributed by atoms with Gasteiger partial charge in [-0.05, 0) is 41.6 Å². The molecule has 1 aromatic carbocycles. The minimum Gasteiger partial charge on any atom is -0.495 e. The number of aromatic nitrogens is 1. The van der Waals surface area contributed by atoms with Gasteiger partial charge in [0.15, 0.2) is 0 Å². The van der Waals surface area contributed by atoms with Crippen LogP contribution < -0.4 is 10.3 Å². The van der Waals surface area contributed by atoms with Gasteiger partial charge in [-0.3, -0.25) is 4.79 Å². The molecule has 0 atom stereocenters. The summed E-state index contributed by atoms with van der Waals surface area (Å²) in [5.74, 6) is 0.671. The zero-order valence-electron chi connectivity index (χ0n) is 10.5.